The number of carbonyl (C=O) groups excluding carboxylic acids is 2. The van der Waals surface area contributed by atoms with Gasteiger partial charge in [-0.05, 0) is 24.6 Å². The summed E-state index contributed by atoms with van der Waals surface area (Å²) in [6.07, 6.45) is -4.24. The lowest BCUT2D eigenvalue weighted by Crippen LogP contribution is -2.39. The number of nitrogens with zero attached hydrogens (tertiary/aromatic N) is 1. The predicted octanol–water partition coefficient (Wildman–Crippen LogP) is 2.01. The largest absolute Gasteiger partial charge is 0.406 e. The predicted molar refractivity (Wildman–Crippen MR) is 74.6 cm³/mol. The molecule has 22 heavy (non-hydrogen) atoms. The van der Waals surface area contributed by atoms with Crippen LogP contribution in [0.1, 0.15) is 16.8 Å². The summed E-state index contributed by atoms with van der Waals surface area (Å²) >= 11 is 5.77. The number of anilines is 1. The minimum atomic E-state index is -4.44. The first-order valence-electron chi connectivity index (χ1n) is 6.39. The number of alkyl halides is 3. The van der Waals surface area contributed by atoms with Crippen molar-refractivity contribution in [3.63, 3.8) is 0 Å². The fourth-order valence-electron chi connectivity index (χ4n) is 2.28. The minimum absolute atomic E-state index is 0.00446. The summed E-state index contributed by atoms with van der Waals surface area (Å²) in [5.41, 5.74) is 5.57. The van der Waals surface area contributed by atoms with Crippen molar-refractivity contribution in [1.29, 1.82) is 0 Å². The van der Waals surface area contributed by atoms with Crippen LogP contribution in [0.5, 0.6) is 0 Å². The summed E-state index contributed by atoms with van der Waals surface area (Å²) < 4.78 is 37.1. The molecule has 0 spiro atoms. The molecule has 9 heteroatoms. The second-order valence-electron chi connectivity index (χ2n) is 4.91. The van der Waals surface area contributed by atoms with Crippen molar-refractivity contribution in [2.45, 2.75) is 18.6 Å². The highest BCUT2D eigenvalue weighted by atomic mass is 35.5. The maximum absolute atomic E-state index is 12.4. The average molecular weight is 336 g/mol. The Labute approximate surface area is 129 Å². The van der Waals surface area contributed by atoms with Crippen LogP contribution in [0, 0.1) is 0 Å². The van der Waals surface area contributed by atoms with Crippen LogP contribution in [0.2, 0.25) is 5.02 Å². The lowest BCUT2D eigenvalue weighted by molar-refractivity contribution is -0.157. The van der Waals surface area contributed by atoms with Gasteiger partial charge in [0.1, 0.15) is 12.6 Å². The topological polar surface area (TPSA) is 75.4 Å². The molecule has 3 N–H and O–H groups in total. The Morgan fingerprint density at radius 2 is 2.14 bits per heavy atom. The lowest BCUT2D eigenvalue weighted by Gasteiger charge is -2.19. The minimum Gasteiger partial charge on any atom is -0.373 e. The zero-order chi connectivity index (χ0) is 16.5. The highest BCUT2D eigenvalue weighted by molar-refractivity contribution is 6.31. The van der Waals surface area contributed by atoms with Crippen LogP contribution in [0.25, 0.3) is 0 Å². The number of amides is 2. The summed E-state index contributed by atoms with van der Waals surface area (Å²) in [6, 6.07) is 3.45. The summed E-state index contributed by atoms with van der Waals surface area (Å²) in [5, 5.41) is 3.05. The van der Waals surface area contributed by atoms with Gasteiger partial charge in [0.05, 0.1) is 5.56 Å². The first kappa shape index (κ1) is 16.4. The molecule has 1 aromatic carbocycles. The molecule has 0 unspecified atom stereocenters. The first-order valence-corrected chi connectivity index (χ1v) is 6.76. The van der Waals surface area contributed by atoms with E-state index < -0.39 is 30.6 Å². The third kappa shape index (κ3) is 3.82. The van der Waals surface area contributed by atoms with Crippen molar-refractivity contribution in [3.05, 3.63) is 28.8 Å². The van der Waals surface area contributed by atoms with E-state index in [1.807, 2.05) is 0 Å². The van der Waals surface area contributed by atoms with Crippen LogP contribution in [0.15, 0.2) is 18.2 Å². The lowest BCUT2D eigenvalue weighted by atomic mass is 10.1. The number of likely N-dealkylation sites (tertiary alicyclic amines) is 1. The van der Waals surface area contributed by atoms with Gasteiger partial charge in [-0.25, -0.2) is 0 Å². The van der Waals surface area contributed by atoms with Crippen molar-refractivity contribution in [2.75, 3.05) is 18.4 Å². The number of rotatable bonds is 4. The third-order valence-electron chi connectivity index (χ3n) is 3.24. The van der Waals surface area contributed by atoms with E-state index in [2.05, 4.69) is 5.32 Å². The molecule has 0 aliphatic carbocycles. The number of halogens is 4. The first-order chi connectivity index (χ1) is 10.2. The molecule has 1 heterocycles. The van der Waals surface area contributed by atoms with Crippen molar-refractivity contribution < 1.29 is 22.8 Å². The van der Waals surface area contributed by atoms with Gasteiger partial charge in [-0.1, -0.05) is 11.6 Å². The van der Waals surface area contributed by atoms with E-state index in [9.17, 15) is 22.8 Å². The van der Waals surface area contributed by atoms with E-state index >= 15 is 0 Å². The standard InChI is InChI=1S/C13H13ClF3N3O2/c14-7-1-2-9(8(5-7)11(18)21)19-10-3-4-20(12(10)22)6-13(15,16)17/h1-2,5,10,19H,3-4,6H2,(H2,18,21)/t10-/m1/s1. The monoisotopic (exact) mass is 335 g/mol. The number of hydrogen-bond acceptors (Lipinski definition) is 3. The van der Waals surface area contributed by atoms with Crippen LogP contribution in [0.4, 0.5) is 18.9 Å². The highest BCUT2D eigenvalue weighted by Crippen LogP contribution is 2.25. The van der Waals surface area contributed by atoms with Gasteiger partial charge in [0.25, 0.3) is 5.91 Å². The van der Waals surface area contributed by atoms with Crippen molar-refractivity contribution in [2.24, 2.45) is 5.73 Å². The molecule has 0 saturated carbocycles. The van der Waals surface area contributed by atoms with E-state index in [1.165, 1.54) is 18.2 Å². The van der Waals surface area contributed by atoms with E-state index in [0.29, 0.717) is 0 Å². The van der Waals surface area contributed by atoms with Crippen molar-refractivity contribution in [1.82, 2.24) is 4.90 Å². The Morgan fingerprint density at radius 3 is 2.73 bits per heavy atom. The van der Waals surface area contributed by atoms with Gasteiger partial charge in [0.15, 0.2) is 0 Å². The zero-order valence-corrected chi connectivity index (χ0v) is 12.0. The number of primary amides is 1. The molecule has 2 rings (SSSR count). The van der Waals surface area contributed by atoms with Gasteiger partial charge in [-0.3, -0.25) is 9.59 Å². The molecular formula is C13H13ClF3N3O2. The van der Waals surface area contributed by atoms with Crippen LogP contribution >= 0.6 is 11.6 Å². The quantitative estimate of drug-likeness (QED) is 0.884. The number of benzene rings is 1. The maximum atomic E-state index is 12.4. The third-order valence-corrected chi connectivity index (χ3v) is 3.48. The Bertz CT molecular complexity index is 607. The molecule has 1 saturated heterocycles. The number of nitrogens with two attached hydrogens (primary N) is 1. The van der Waals surface area contributed by atoms with Gasteiger partial charge in [-0.15, -0.1) is 0 Å². The van der Waals surface area contributed by atoms with Gasteiger partial charge in [0, 0.05) is 17.3 Å². The number of hydrogen-bond donors (Lipinski definition) is 2. The van der Waals surface area contributed by atoms with Crippen LogP contribution < -0.4 is 11.1 Å². The molecule has 1 aliphatic rings. The Balaban J connectivity index is 2.13. The summed E-state index contributed by atoms with van der Waals surface area (Å²) in [5.74, 6) is -1.41. The highest BCUT2D eigenvalue weighted by Gasteiger charge is 2.39. The van der Waals surface area contributed by atoms with E-state index in [1.54, 1.807) is 0 Å². The van der Waals surface area contributed by atoms with E-state index in [4.69, 9.17) is 17.3 Å². The van der Waals surface area contributed by atoms with Crippen LogP contribution in [0.3, 0.4) is 0 Å². The van der Waals surface area contributed by atoms with Crippen LogP contribution in [-0.4, -0.2) is 42.0 Å². The fourth-order valence-corrected chi connectivity index (χ4v) is 2.45. The van der Waals surface area contributed by atoms with Crippen molar-refractivity contribution in [3.8, 4) is 0 Å². The number of carbonyl (C=O) groups is 2. The number of nitrogens with one attached hydrogen (secondary N) is 1. The smallest absolute Gasteiger partial charge is 0.373 e. The maximum Gasteiger partial charge on any atom is 0.406 e. The van der Waals surface area contributed by atoms with Gasteiger partial charge >= 0.3 is 6.18 Å². The molecule has 0 bridgehead atoms. The van der Waals surface area contributed by atoms with Crippen LogP contribution in [-0.2, 0) is 4.79 Å². The zero-order valence-electron chi connectivity index (χ0n) is 11.3. The van der Waals surface area contributed by atoms with E-state index in [-0.39, 0.29) is 29.2 Å². The molecule has 1 aromatic rings. The molecule has 1 aliphatic heterocycles. The Hall–Kier alpha value is -1.96. The SMILES string of the molecule is NC(=O)c1cc(Cl)ccc1N[C@@H]1CCN(CC(F)(F)F)C1=O. The second-order valence-corrected chi connectivity index (χ2v) is 5.35. The summed E-state index contributed by atoms with van der Waals surface area (Å²) in [6.45, 7) is -1.29. The van der Waals surface area contributed by atoms with Gasteiger partial charge < -0.3 is 16.0 Å². The molecular weight excluding hydrogens is 323 g/mol. The van der Waals surface area contributed by atoms with Gasteiger partial charge in [-0.2, -0.15) is 13.2 Å². The second kappa shape index (κ2) is 6.04. The molecule has 0 radical (unpaired) electrons. The van der Waals surface area contributed by atoms with E-state index in [0.717, 1.165) is 4.90 Å². The fraction of sp³-hybridized carbons (Fsp3) is 0.385. The summed E-state index contributed by atoms with van der Waals surface area (Å²) in [4.78, 5) is 24.1. The summed E-state index contributed by atoms with van der Waals surface area (Å²) in [7, 11) is 0. The normalized spacial score (nSPS) is 18.6. The Morgan fingerprint density at radius 1 is 1.45 bits per heavy atom. The average Bonchev–Trinajstić information content (AvgIpc) is 2.71. The molecule has 5 nitrogen and oxygen atoms in total. The van der Waals surface area contributed by atoms with Gasteiger partial charge in [0.2, 0.25) is 5.91 Å². The van der Waals surface area contributed by atoms with Crippen molar-refractivity contribution >= 4 is 29.1 Å². The molecule has 2 amide bonds. The molecule has 0 aromatic heterocycles. The molecule has 1 fully saturated rings. The Kier molecular flexibility index (Phi) is 4.50. The molecule has 1 atom stereocenters. The molecule has 120 valence electrons.